The predicted molar refractivity (Wildman–Crippen MR) is 79.3 cm³/mol. The lowest BCUT2D eigenvalue weighted by molar-refractivity contribution is 0.559. The molecule has 0 amide bonds. The van der Waals surface area contributed by atoms with Gasteiger partial charge in [-0.3, -0.25) is 0 Å². The zero-order chi connectivity index (χ0) is 13.4. The van der Waals surface area contributed by atoms with E-state index in [1.54, 1.807) is 0 Å². The average Bonchev–Trinajstić information content (AvgIpc) is 2.73. The molecule has 0 saturated heterocycles. The number of fused-ring (bicyclic) bond motifs is 1. The van der Waals surface area contributed by atoms with Crippen molar-refractivity contribution in [2.45, 2.75) is 20.3 Å². The molecular weight excluding hydrogens is 234 g/mol. The number of hydrogen-bond donors (Lipinski definition) is 1. The van der Waals surface area contributed by atoms with E-state index >= 15 is 0 Å². The average molecular weight is 251 g/mol. The lowest BCUT2D eigenvalue weighted by Crippen LogP contribution is -1.90. The first-order valence-corrected chi connectivity index (χ1v) is 6.48. The molecule has 0 unspecified atom stereocenters. The van der Waals surface area contributed by atoms with Gasteiger partial charge in [-0.05, 0) is 42.7 Å². The molecule has 3 aromatic rings. The maximum Gasteiger partial charge on any atom is 0.134 e. The Morgan fingerprint density at radius 3 is 2.42 bits per heavy atom. The molecule has 0 fully saturated rings. The van der Waals surface area contributed by atoms with Crippen molar-refractivity contribution in [3.05, 3.63) is 64.9 Å². The molecule has 0 saturated carbocycles. The number of benzene rings is 2. The number of nitrogens with two attached hydrogens (primary N) is 1. The topological polar surface area (TPSA) is 39.2 Å². The van der Waals surface area contributed by atoms with E-state index in [-0.39, 0.29) is 0 Å². The summed E-state index contributed by atoms with van der Waals surface area (Å²) in [5.74, 6) is 1.02. The number of rotatable bonds is 2. The van der Waals surface area contributed by atoms with Crippen LogP contribution in [0.3, 0.4) is 0 Å². The Bertz CT molecular complexity index is 726. The van der Waals surface area contributed by atoms with Crippen LogP contribution >= 0.6 is 0 Å². The molecule has 0 aliphatic rings. The Hall–Kier alpha value is -2.22. The Balaban J connectivity index is 2.11. The summed E-state index contributed by atoms with van der Waals surface area (Å²) in [4.78, 5) is 0. The first kappa shape index (κ1) is 11.8. The van der Waals surface area contributed by atoms with Crippen LogP contribution in [0.25, 0.3) is 11.0 Å². The maximum atomic E-state index is 5.98. The van der Waals surface area contributed by atoms with E-state index in [9.17, 15) is 0 Å². The summed E-state index contributed by atoms with van der Waals surface area (Å²) >= 11 is 0. The summed E-state index contributed by atoms with van der Waals surface area (Å²) in [6.45, 7) is 4.16. The van der Waals surface area contributed by atoms with E-state index in [2.05, 4.69) is 31.2 Å². The van der Waals surface area contributed by atoms with E-state index in [4.69, 9.17) is 10.2 Å². The van der Waals surface area contributed by atoms with Gasteiger partial charge in [0.25, 0.3) is 0 Å². The van der Waals surface area contributed by atoms with Crippen molar-refractivity contribution in [3.8, 4) is 0 Å². The molecule has 1 heterocycles. The van der Waals surface area contributed by atoms with Gasteiger partial charge < -0.3 is 10.2 Å². The SMILES string of the molecule is Cc1c(N)ccc2oc(Cc3ccccc3)c(C)c12. The smallest absolute Gasteiger partial charge is 0.134 e. The van der Waals surface area contributed by atoms with Crippen molar-refractivity contribution in [2.24, 2.45) is 0 Å². The van der Waals surface area contributed by atoms with Gasteiger partial charge in [0.15, 0.2) is 0 Å². The third-order valence-electron chi connectivity index (χ3n) is 3.70. The second-order valence-corrected chi connectivity index (χ2v) is 4.97. The molecular formula is C17H17NO. The van der Waals surface area contributed by atoms with Gasteiger partial charge in [-0.2, -0.15) is 0 Å². The van der Waals surface area contributed by atoms with Gasteiger partial charge in [0, 0.05) is 17.5 Å². The zero-order valence-electron chi connectivity index (χ0n) is 11.2. The molecule has 2 heteroatoms. The summed E-state index contributed by atoms with van der Waals surface area (Å²) in [6.07, 6.45) is 0.820. The van der Waals surface area contributed by atoms with Crippen LogP contribution < -0.4 is 5.73 Å². The third kappa shape index (κ3) is 1.99. The van der Waals surface area contributed by atoms with Crippen molar-refractivity contribution in [3.63, 3.8) is 0 Å². The fraction of sp³-hybridized carbons (Fsp3) is 0.176. The number of nitrogen functional groups attached to an aromatic ring is 1. The molecule has 96 valence electrons. The molecule has 1 aromatic heterocycles. The van der Waals surface area contributed by atoms with Gasteiger partial charge in [0.1, 0.15) is 11.3 Å². The van der Waals surface area contributed by atoms with Crippen LogP contribution in [0.2, 0.25) is 0 Å². The summed E-state index contributed by atoms with van der Waals surface area (Å²) < 4.78 is 5.98. The van der Waals surface area contributed by atoms with Crippen LogP contribution in [0.5, 0.6) is 0 Å². The van der Waals surface area contributed by atoms with Gasteiger partial charge in [-0.25, -0.2) is 0 Å². The van der Waals surface area contributed by atoms with E-state index < -0.39 is 0 Å². The Labute approximate surface area is 112 Å². The van der Waals surface area contributed by atoms with Crippen LogP contribution in [-0.2, 0) is 6.42 Å². The largest absolute Gasteiger partial charge is 0.460 e. The van der Waals surface area contributed by atoms with Crippen molar-refractivity contribution in [2.75, 3.05) is 5.73 Å². The molecule has 0 spiro atoms. The second-order valence-electron chi connectivity index (χ2n) is 4.97. The molecule has 0 bridgehead atoms. The van der Waals surface area contributed by atoms with Gasteiger partial charge >= 0.3 is 0 Å². The van der Waals surface area contributed by atoms with Crippen molar-refractivity contribution in [1.82, 2.24) is 0 Å². The third-order valence-corrected chi connectivity index (χ3v) is 3.70. The highest BCUT2D eigenvalue weighted by Crippen LogP contribution is 2.32. The molecule has 0 aliphatic heterocycles. The van der Waals surface area contributed by atoms with Gasteiger partial charge in [0.2, 0.25) is 0 Å². The standard InChI is InChI=1S/C17H17NO/c1-11-14(18)8-9-15-17(11)12(2)16(19-15)10-13-6-4-3-5-7-13/h3-9H,10,18H2,1-2H3. The van der Waals surface area contributed by atoms with Crippen LogP contribution in [-0.4, -0.2) is 0 Å². The first-order valence-electron chi connectivity index (χ1n) is 6.48. The normalized spacial score (nSPS) is 11.1. The lowest BCUT2D eigenvalue weighted by atomic mass is 10.0. The van der Waals surface area contributed by atoms with Crippen molar-refractivity contribution < 1.29 is 4.42 Å². The summed E-state index contributed by atoms with van der Waals surface area (Å²) in [7, 11) is 0. The molecule has 2 nitrogen and oxygen atoms in total. The Morgan fingerprint density at radius 1 is 0.947 bits per heavy atom. The second kappa shape index (κ2) is 4.47. The van der Waals surface area contributed by atoms with E-state index in [0.29, 0.717) is 0 Å². The van der Waals surface area contributed by atoms with Crippen molar-refractivity contribution >= 4 is 16.7 Å². The van der Waals surface area contributed by atoms with Crippen LogP contribution in [0.15, 0.2) is 46.9 Å². The first-order chi connectivity index (χ1) is 9.16. The molecule has 0 aliphatic carbocycles. The highest BCUT2D eigenvalue weighted by atomic mass is 16.3. The lowest BCUT2D eigenvalue weighted by Gasteiger charge is -2.01. The molecule has 2 N–H and O–H groups in total. The van der Waals surface area contributed by atoms with Gasteiger partial charge in [0.05, 0.1) is 0 Å². The fourth-order valence-corrected chi connectivity index (χ4v) is 2.55. The molecule has 2 aromatic carbocycles. The number of aryl methyl sites for hydroxylation is 2. The summed E-state index contributed by atoms with van der Waals surface area (Å²) in [5, 5.41) is 1.16. The van der Waals surface area contributed by atoms with Crippen molar-refractivity contribution in [1.29, 1.82) is 0 Å². The minimum Gasteiger partial charge on any atom is -0.460 e. The van der Waals surface area contributed by atoms with Crippen LogP contribution in [0, 0.1) is 13.8 Å². The minimum atomic E-state index is 0.820. The van der Waals surface area contributed by atoms with Crippen LogP contribution in [0.1, 0.15) is 22.5 Å². The van der Waals surface area contributed by atoms with Gasteiger partial charge in [-0.1, -0.05) is 30.3 Å². The van der Waals surface area contributed by atoms with Gasteiger partial charge in [-0.15, -0.1) is 0 Å². The number of anilines is 1. The number of hydrogen-bond acceptors (Lipinski definition) is 2. The fourth-order valence-electron chi connectivity index (χ4n) is 2.55. The van der Waals surface area contributed by atoms with Crippen LogP contribution in [0.4, 0.5) is 5.69 Å². The Morgan fingerprint density at radius 2 is 1.68 bits per heavy atom. The molecule has 3 rings (SSSR count). The molecule has 0 atom stereocenters. The minimum absolute atomic E-state index is 0.820. The quantitative estimate of drug-likeness (QED) is 0.692. The molecule has 0 radical (unpaired) electrons. The zero-order valence-corrected chi connectivity index (χ0v) is 11.2. The number of furan rings is 1. The monoisotopic (exact) mass is 251 g/mol. The maximum absolute atomic E-state index is 5.98. The predicted octanol–water partition coefficient (Wildman–Crippen LogP) is 4.22. The molecule has 19 heavy (non-hydrogen) atoms. The summed E-state index contributed by atoms with van der Waals surface area (Å²) in [6, 6.07) is 14.2. The Kier molecular flexibility index (Phi) is 2.79. The van der Waals surface area contributed by atoms with E-state index in [1.807, 2.05) is 25.1 Å². The highest BCUT2D eigenvalue weighted by molar-refractivity contribution is 5.89. The van der Waals surface area contributed by atoms with E-state index in [0.717, 1.165) is 34.4 Å². The highest BCUT2D eigenvalue weighted by Gasteiger charge is 2.13. The van der Waals surface area contributed by atoms with E-state index in [1.165, 1.54) is 11.1 Å². The summed E-state index contributed by atoms with van der Waals surface area (Å²) in [5.41, 5.74) is 11.3.